The van der Waals surface area contributed by atoms with Gasteiger partial charge in [0.25, 0.3) is 0 Å². The van der Waals surface area contributed by atoms with E-state index in [1.54, 1.807) is 6.07 Å². The summed E-state index contributed by atoms with van der Waals surface area (Å²) in [6.07, 6.45) is -4.55. The molecular formula is C10H7ClF3NO. The normalized spacial score (nSPS) is 10.9. The molecule has 0 radical (unpaired) electrons. The zero-order valence-corrected chi connectivity index (χ0v) is 8.77. The van der Waals surface area contributed by atoms with Crippen LogP contribution in [0.4, 0.5) is 13.2 Å². The molecule has 0 heterocycles. The largest absolute Gasteiger partial charge is 0.492 e. The van der Waals surface area contributed by atoms with Crippen molar-refractivity contribution in [2.24, 2.45) is 0 Å². The maximum atomic E-state index is 12.6. The predicted molar refractivity (Wildman–Crippen MR) is 52.4 cm³/mol. The molecule has 1 aromatic rings. The summed E-state index contributed by atoms with van der Waals surface area (Å²) in [5.41, 5.74) is -1.03. The van der Waals surface area contributed by atoms with Gasteiger partial charge < -0.3 is 4.74 Å². The molecule has 0 saturated heterocycles. The molecule has 0 N–H and O–H groups in total. The zero-order valence-electron chi connectivity index (χ0n) is 8.01. The number of benzene rings is 1. The Hall–Kier alpha value is -1.41. The summed E-state index contributed by atoms with van der Waals surface area (Å²) in [5.74, 6) is -0.218. The molecule has 0 saturated carbocycles. The molecular weight excluding hydrogens is 243 g/mol. The van der Waals surface area contributed by atoms with E-state index in [1.807, 2.05) is 0 Å². The van der Waals surface area contributed by atoms with E-state index < -0.39 is 11.7 Å². The van der Waals surface area contributed by atoms with E-state index in [9.17, 15) is 13.2 Å². The molecule has 0 aliphatic rings. The van der Waals surface area contributed by atoms with Gasteiger partial charge in [0.2, 0.25) is 0 Å². The first-order valence-electron chi connectivity index (χ1n) is 4.29. The summed E-state index contributed by atoms with van der Waals surface area (Å²) in [6.45, 7) is -0.0173. The van der Waals surface area contributed by atoms with Gasteiger partial charge >= 0.3 is 6.18 Å². The van der Waals surface area contributed by atoms with E-state index in [1.165, 1.54) is 6.07 Å². The summed E-state index contributed by atoms with van der Waals surface area (Å²) in [6, 6.07) is 4.78. The SMILES string of the molecule is N#Cc1ccc(OCCCl)c(C(F)(F)F)c1. The van der Waals surface area contributed by atoms with E-state index >= 15 is 0 Å². The topological polar surface area (TPSA) is 33.0 Å². The summed E-state index contributed by atoms with van der Waals surface area (Å²) in [4.78, 5) is 0. The van der Waals surface area contributed by atoms with Crippen LogP contribution in [0.2, 0.25) is 0 Å². The average molecular weight is 250 g/mol. The summed E-state index contributed by atoms with van der Waals surface area (Å²) >= 11 is 5.32. The summed E-state index contributed by atoms with van der Waals surface area (Å²) in [5, 5.41) is 8.52. The zero-order chi connectivity index (χ0) is 12.2. The fourth-order valence-corrected chi connectivity index (χ4v) is 1.17. The Labute approximate surface area is 95.2 Å². The van der Waals surface area contributed by atoms with Crippen molar-refractivity contribution < 1.29 is 17.9 Å². The molecule has 0 aliphatic heterocycles. The lowest BCUT2D eigenvalue weighted by atomic mass is 10.1. The highest BCUT2D eigenvalue weighted by atomic mass is 35.5. The van der Waals surface area contributed by atoms with Crippen molar-refractivity contribution in [1.82, 2.24) is 0 Å². The number of nitriles is 1. The van der Waals surface area contributed by atoms with E-state index in [4.69, 9.17) is 21.6 Å². The molecule has 86 valence electrons. The molecule has 0 aliphatic carbocycles. The smallest absolute Gasteiger partial charge is 0.420 e. The van der Waals surface area contributed by atoms with Gasteiger partial charge in [-0.2, -0.15) is 18.4 Å². The van der Waals surface area contributed by atoms with Gasteiger partial charge in [0, 0.05) is 0 Å². The van der Waals surface area contributed by atoms with Crippen LogP contribution in [0, 0.1) is 11.3 Å². The lowest BCUT2D eigenvalue weighted by Crippen LogP contribution is -2.10. The van der Waals surface area contributed by atoms with Crippen molar-refractivity contribution >= 4 is 11.6 Å². The minimum atomic E-state index is -4.55. The quantitative estimate of drug-likeness (QED) is 0.771. The highest BCUT2D eigenvalue weighted by Crippen LogP contribution is 2.36. The van der Waals surface area contributed by atoms with Crippen LogP contribution in [0.1, 0.15) is 11.1 Å². The van der Waals surface area contributed by atoms with Gasteiger partial charge in [0.05, 0.1) is 23.1 Å². The van der Waals surface area contributed by atoms with Crippen LogP contribution in [0.3, 0.4) is 0 Å². The second-order valence-corrected chi connectivity index (χ2v) is 3.24. The Morgan fingerprint density at radius 3 is 2.56 bits per heavy atom. The van der Waals surface area contributed by atoms with E-state index in [-0.39, 0.29) is 23.8 Å². The Kier molecular flexibility index (Phi) is 4.02. The van der Waals surface area contributed by atoms with Gasteiger partial charge in [-0.1, -0.05) is 0 Å². The highest BCUT2D eigenvalue weighted by Gasteiger charge is 2.34. The number of halogens is 4. The summed E-state index contributed by atoms with van der Waals surface area (Å²) in [7, 11) is 0. The minimum absolute atomic E-state index is 0.0173. The Morgan fingerprint density at radius 1 is 1.38 bits per heavy atom. The van der Waals surface area contributed by atoms with Gasteiger partial charge in [-0.25, -0.2) is 0 Å². The second-order valence-electron chi connectivity index (χ2n) is 2.86. The molecule has 1 rings (SSSR count). The molecule has 0 spiro atoms. The molecule has 0 atom stereocenters. The lowest BCUT2D eigenvalue weighted by Gasteiger charge is -2.13. The van der Waals surface area contributed by atoms with Crippen LogP contribution >= 0.6 is 11.6 Å². The average Bonchev–Trinajstić information content (AvgIpc) is 2.25. The molecule has 2 nitrogen and oxygen atoms in total. The van der Waals surface area contributed by atoms with Crippen LogP contribution in [-0.2, 0) is 6.18 Å². The third-order valence-electron chi connectivity index (χ3n) is 1.75. The first kappa shape index (κ1) is 12.7. The Balaban J connectivity index is 3.13. The van der Waals surface area contributed by atoms with Crippen molar-refractivity contribution in [2.75, 3.05) is 12.5 Å². The van der Waals surface area contributed by atoms with Crippen LogP contribution in [0.5, 0.6) is 5.75 Å². The second kappa shape index (κ2) is 5.08. The van der Waals surface area contributed by atoms with Crippen molar-refractivity contribution in [2.45, 2.75) is 6.18 Å². The number of rotatable bonds is 3. The van der Waals surface area contributed by atoms with Gasteiger partial charge in [-0.3, -0.25) is 0 Å². The van der Waals surface area contributed by atoms with Gasteiger partial charge in [0.1, 0.15) is 12.4 Å². The fraction of sp³-hybridized carbons (Fsp3) is 0.300. The van der Waals surface area contributed by atoms with Gasteiger partial charge in [-0.05, 0) is 18.2 Å². The molecule has 0 amide bonds. The number of alkyl halides is 4. The highest BCUT2D eigenvalue weighted by molar-refractivity contribution is 6.18. The van der Waals surface area contributed by atoms with Crippen molar-refractivity contribution in [1.29, 1.82) is 5.26 Å². The summed E-state index contributed by atoms with van der Waals surface area (Å²) < 4.78 is 42.6. The molecule has 0 aromatic heterocycles. The minimum Gasteiger partial charge on any atom is -0.492 e. The lowest BCUT2D eigenvalue weighted by molar-refractivity contribution is -0.138. The Bertz CT molecular complexity index is 412. The number of hydrogen-bond acceptors (Lipinski definition) is 2. The predicted octanol–water partition coefficient (Wildman–Crippen LogP) is 3.19. The maximum Gasteiger partial charge on any atom is 0.420 e. The Morgan fingerprint density at radius 2 is 2.06 bits per heavy atom. The third-order valence-corrected chi connectivity index (χ3v) is 1.90. The molecule has 0 bridgehead atoms. The third kappa shape index (κ3) is 3.04. The molecule has 6 heteroatoms. The number of nitrogens with zero attached hydrogens (tertiary/aromatic N) is 1. The van der Waals surface area contributed by atoms with Crippen LogP contribution in [0.15, 0.2) is 18.2 Å². The standard InChI is InChI=1S/C10H7ClF3NO/c11-3-4-16-9-2-1-7(6-15)5-8(9)10(12,13)14/h1-2,5H,3-4H2. The van der Waals surface area contributed by atoms with Gasteiger partial charge in [0.15, 0.2) is 0 Å². The first-order valence-corrected chi connectivity index (χ1v) is 4.82. The van der Waals surface area contributed by atoms with Crippen LogP contribution in [-0.4, -0.2) is 12.5 Å². The number of ether oxygens (including phenoxy) is 1. The molecule has 1 aromatic carbocycles. The van der Waals surface area contributed by atoms with Crippen LogP contribution < -0.4 is 4.74 Å². The van der Waals surface area contributed by atoms with E-state index in [2.05, 4.69) is 0 Å². The molecule has 0 fully saturated rings. The maximum absolute atomic E-state index is 12.6. The molecule has 16 heavy (non-hydrogen) atoms. The van der Waals surface area contributed by atoms with E-state index in [0.717, 1.165) is 12.1 Å². The van der Waals surface area contributed by atoms with Crippen molar-refractivity contribution in [3.05, 3.63) is 29.3 Å². The van der Waals surface area contributed by atoms with Crippen molar-refractivity contribution in [3.63, 3.8) is 0 Å². The van der Waals surface area contributed by atoms with E-state index in [0.29, 0.717) is 0 Å². The first-order chi connectivity index (χ1) is 7.49. The molecule has 0 unspecified atom stereocenters. The fourth-order valence-electron chi connectivity index (χ4n) is 1.10. The van der Waals surface area contributed by atoms with Gasteiger partial charge in [-0.15, -0.1) is 11.6 Å². The monoisotopic (exact) mass is 249 g/mol. The van der Waals surface area contributed by atoms with Crippen molar-refractivity contribution in [3.8, 4) is 11.8 Å². The number of hydrogen-bond donors (Lipinski definition) is 0. The van der Waals surface area contributed by atoms with Crippen LogP contribution in [0.25, 0.3) is 0 Å².